The van der Waals surface area contributed by atoms with E-state index < -0.39 is 3.79 Å². The van der Waals surface area contributed by atoms with Gasteiger partial charge in [-0.2, -0.15) is 0 Å². The molecule has 0 unspecified atom stereocenters. The van der Waals surface area contributed by atoms with E-state index in [1.165, 1.54) is 18.5 Å². The maximum Gasteiger partial charge on any atom is 0.216 e. The van der Waals surface area contributed by atoms with E-state index in [2.05, 4.69) is 5.48 Å². The van der Waals surface area contributed by atoms with Gasteiger partial charge in [0.2, 0.25) is 3.79 Å². The van der Waals surface area contributed by atoms with Crippen molar-refractivity contribution >= 4 is 81.2 Å². The van der Waals surface area contributed by atoms with Crippen LogP contribution in [0.25, 0.3) is 0 Å². The zero-order chi connectivity index (χ0) is 22.4. The summed E-state index contributed by atoms with van der Waals surface area (Å²) < 4.78 is 15.1. The van der Waals surface area contributed by atoms with Crippen molar-refractivity contribution in [2.45, 2.75) is 23.1 Å². The van der Waals surface area contributed by atoms with E-state index in [4.69, 9.17) is 100 Å². The van der Waals surface area contributed by atoms with Gasteiger partial charge in [0.25, 0.3) is 0 Å². The first-order valence-electron chi connectivity index (χ1n) is 8.65. The standard InChI is InChI=1S/C18H20Cl7NO4/c19-14-10-13(28-8-4-16(21)22)11-15(20)17(14)29-7-3-1-2-6-27-9-5-26-30-12-18(23,24)25/h4-5,9-11,26H,1-3,6-8,12H2. The molecule has 1 rings (SSSR count). The van der Waals surface area contributed by atoms with Gasteiger partial charge in [-0.25, -0.2) is 0 Å². The summed E-state index contributed by atoms with van der Waals surface area (Å²) in [5.74, 6) is 0.900. The number of rotatable bonds is 14. The molecule has 0 saturated heterocycles. The Morgan fingerprint density at radius 3 is 2.27 bits per heavy atom. The molecule has 0 atom stereocenters. The van der Waals surface area contributed by atoms with E-state index in [1.54, 1.807) is 12.1 Å². The lowest BCUT2D eigenvalue weighted by atomic mass is 10.2. The maximum atomic E-state index is 6.21. The third-order valence-corrected chi connectivity index (χ3v) is 4.36. The summed E-state index contributed by atoms with van der Waals surface area (Å²) >= 11 is 40.0. The highest BCUT2D eigenvalue weighted by molar-refractivity contribution is 6.67. The summed E-state index contributed by atoms with van der Waals surface area (Å²) in [7, 11) is 0. The predicted molar refractivity (Wildman–Crippen MR) is 126 cm³/mol. The highest BCUT2D eigenvalue weighted by Crippen LogP contribution is 2.37. The van der Waals surface area contributed by atoms with E-state index >= 15 is 0 Å². The lowest BCUT2D eigenvalue weighted by Gasteiger charge is -2.12. The number of hydrogen-bond acceptors (Lipinski definition) is 5. The number of halogens is 7. The topological polar surface area (TPSA) is 49.0 Å². The number of ether oxygens (including phenoxy) is 3. The molecule has 0 amide bonds. The Bertz CT molecular complexity index is 669. The van der Waals surface area contributed by atoms with E-state index in [-0.39, 0.29) is 17.7 Å². The second-order valence-electron chi connectivity index (χ2n) is 5.63. The Morgan fingerprint density at radius 1 is 0.967 bits per heavy atom. The Morgan fingerprint density at radius 2 is 1.63 bits per heavy atom. The third kappa shape index (κ3) is 14.0. The molecule has 5 nitrogen and oxygen atoms in total. The Hall–Kier alpha value is -0.110. The van der Waals surface area contributed by atoms with E-state index in [0.29, 0.717) is 34.8 Å². The first-order chi connectivity index (χ1) is 14.2. The molecule has 1 N–H and O–H groups in total. The first kappa shape index (κ1) is 27.9. The van der Waals surface area contributed by atoms with Gasteiger partial charge >= 0.3 is 0 Å². The molecule has 30 heavy (non-hydrogen) atoms. The molecule has 0 bridgehead atoms. The van der Waals surface area contributed by atoms with Gasteiger partial charge in [0.05, 0.1) is 29.5 Å². The van der Waals surface area contributed by atoms with Crippen molar-refractivity contribution in [3.63, 3.8) is 0 Å². The van der Waals surface area contributed by atoms with Gasteiger partial charge in [0.1, 0.15) is 29.7 Å². The summed E-state index contributed by atoms with van der Waals surface area (Å²) in [4.78, 5) is 4.88. The van der Waals surface area contributed by atoms with E-state index in [9.17, 15) is 0 Å². The van der Waals surface area contributed by atoms with Gasteiger partial charge in [-0.3, -0.25) is 10.3 Å². The molecule has 0 aromatic heterocycles. The molecule has 0 heterocycles. The number of hydrogen-bond donors (Lipinski definition) is 1. The van der Waals surface area contributed by atoms with Crippen molar-refractivity contribution in [1.29, 1.82) is 0 Å². The fraction of sp³-hybridized carbons (Fsp3) is 0.444. The number of benzene rings is 1. The highest BCUT2D eigenvalue weighted by atomic mass is 35.6. The molecule has 0 radical (unpaired) electrons. The van der Waals surface area contributed by atoms with E-state index in [0.717, 1.165) is 19.3 Å². The third-order valence-electron chi connectivity index (χ3n) is 3.16. The van der Waals surface area contributed by atoms with Crippen LogP contribution in [0.3, 0.4) is 0 Å². The van der Waals surface area contributed by atoms with E-state index in [1.807, 2.05) is 0 Å². The average molecular weight is 563 g/mol. The minimum absolute atomic E-state index is 0.0912. The van der Waals surface area contributed by atoms with Gasteiger partial charge in [0, 0.05) is 12.1 Å². The monoisotopic (exact) mass is 559 g/mol. The van der Waals surface area contributed by atoms with Crippen LogP contribution in [0.15, 0.2) is 35.2 Å². The molecule has 1 aromatic carbocycles. The Labute approximate surface area is 211 Å². The normalized spacial score (nSPS) is 11.4. The predicted octanol–water partition coefficient (Wildman–Crippen LogP) is 7.62. The molecule has 0 fully saturated rings. The minimum Gasteiger partial charge on any atom is -0.500 e. The fourth-order valence-corrected chi connectivity index (χ4v) is 2.78. The molecule has 0 spiro atoms. The first-order valence-corrected chi connectivity index (χ1v) is 11.3. The second kappa shape index (κ2) is 15.7. The molecule has 12 heteroatoms. The van der Waals surface area contributed by atoms with Crippen LogP contribution >= 0.6 is 81.2 Å². The zero-order valence-corrected chi connectivity index (χ0v) is 20.9. The Balaban J connectivity index is 2.17. The molecular weight excluding hydrogens is 542 g/mol. The van der Waals surface area contributed by atoms with Gasteiger partial charge in [-0.1, -0.05) is 81.2 Å². The number of alkyl halides is 3. The number of unbranched alkanes of at least 4 members (excludes halogenated alkanes) is 2. The summed E-state index contributed by atoms with van der Waals surface area (Å²) in [6.45, 7) is 1.11. The van der Waals surface area contributed by atoms with Gasteiger partial charge < -0.3 is 14.2 Å². The molecule has 0 saturated carbocycles. The summed E-state index contributed by atoms with van der Waals surface area (Å²) in [6, 6.07) is 3.23. The summed E-state index contributed by atoms with van der Waals surface area (Å²) in [6.07, 6.45) is 6.96. The fourth-order valence-electron chi connectivity index (χ4n) is 1.91. The van der Waals surface area contributed by atoms with Crippen LogP contribution in [0.1, 0.15) is 19.3 Å². The van der Waals surface area contributed by atoms with Gasteiger partial charge in [-0.05, 0) is 25.3 Å². The summed E-state index contributed by atoms with van der Waals surface area (Å²) in [5.41, 5.74) is 2.47. The van der Waals surface area contributed by atoms with Gasteiger partial charge in [0.15, 0.2) is 5.75 Å². The molecule has 0 aliphatic heterocycles. The van der Waals surface area contributed by atoms with Crippen molar-refractivity contribution in [3.05, 3.63) is 45.2 Å². The lowest BCUT2D eigenvalue weighted by Crippen LogP contribution is -2.18. The van der Waals surface area contributed by atoms with Crippen LogP contribution in [0, 0.1) is 0 Å². The lowest BCUT2D eigenvalue weighted by molar-refractivity contribution is 0.0726. The van der Waals surface area contributed by atoms with Crippen molar-refractivity contribution in [2.24, 2.45) is 0 Å². The zero-order valence-electron chi connectivity index (χ0n) is 15.6. The van der Waals surface area contributed by atoms with Crippen LogP contribution in [0.2, 0.25) is 10.0 Å². The molecule has 170 valence electrons. The number of nitrogens with one attached hydrogen (secondary N) is 1. The minimum atomic E-state index is -1.47. The second-order valence-corrected chi connectivity index (χ2v) is 9.96. The van der Waals surface area contributed by atoms with Crippen LogP contribution in [-0.4, -0.2) is 30.2 Å². The highest BCUT2D eigenvalue weighted by Gasteiger charge is 2.19. The van der Waals surface area contributed by atoms with Crippen molar-refractivity contribution in [1.82, 2.24) is 5.48 Å². The van der Waals surface area contributed by atoms with Crippen LogP contribution in [-0.2, 0) is 9.57 Å². The SMILES string of the molecule is ClC(Cl)=CCOc1cc(Cl)c(OCCCCCOC=CNOCC(Cl)(Cl)Cl)c(Cl)c1. The quantitative estimate of drug-likeness (QED) is 0.109. The number of hydroxylamine groups is 1. The largest absolute Gasteiger partial charge is 0.500 e. The average Bonchev–Trinajstić information content (AvgIpc) is 2.63. The van der Waals surface area contributed by atoms with Crippen LogP contribution in [0.5, 0.6) is 11.5 Å². The smallest absolute Gasteiger partial charge is 0.216 e. The maximum absolute atomic E-state index is 6.21. The van der Waals surface area contributed by atoms with Crippen LogP contribution in [0.4, 0.5) is 0 Å². The molecular formula is C18H20Cl7NO4. The van der Waals surface area contributed by atoms with Crippen LogP contribution < -0.4 is 15.0 Å². The van der Waals surface area contributed by atoms with Gasteiger partial charge in [-0.15, -0.1) is 0 Å². The molecule has 0 aliphatic rings. The molecule has 0 aliphatic carbocycles. The summed E-state index contributed by atoms with van der Waals surface area (Å²) in [5, 5.41) is 0.716. The molecule has 1 aromatic rings. The Kier molecular flexibility index (Phi) is 14.6. The van der Waals surface area contributed by atoms with Crippen molar-refractivity contribution in [2.75, 3.05) is 26.4 Å². The van der Waals surface area contributed by atoms with Crippen molar-refractivity contribution in [3.8, 4) is 11.5 Å². The van der Waals surface area contributed by atoms with Crippen molar-refractivity contribution < 1.29 is 19.0 Å².